The third-order valence-corrected chi connectivity index (χ3v) is 3.08. The summed E-state index contributed by atoms with van der Waals surface area (Å²) in [6, 6.07) is 2.97. The Balaban J connectivity index is 0.00000484. The van der Waals surface area contributed by atoms with E-state index in [9.17, 15) is 19.7 Å². The van der Waals surface area contributed by atoms with Gasteiger partial charge in [-0.3, -0.25) is 24.6 Å². The number of carbonyl (C=O) groups excluding carboxylic acids is 1. The highest BCUT2D eigenvalue weighted by Gasteiger charge is 2.20. The maximum atomic E-state index is 11.9. The van der Waals surface area contributed by atoms with Crippen LogP contribution in [0.25, 0.3) is 0 Å². The second kappa shape index (κ2) is 8.91. The van der Waals surface area contributed by atoms with E-state index in [1.54, 1.807) is 0 Å². The number of rotatable bonds is 7. The van der Waals surface area contributed by atoms with E-state index in [0.717, 1.165) is 0 Å². The predicted molar refractivity (Wildman–Crippen MR) is 85.3 cm³/mol. The van der Waals surface area contributed by atoms with Crippen molar-refractivity contribution in [3.8, 4) is 5.75 Å². The highest BCUT2D eigenvalue weighted by molar-refractivity contribution is 5.94. The number of nitro benzene ring substituents is 1. The van der Waals surface area contributed by atoms with Gasteiger partial charge >= 0.3 is 5.97 Å². The molecule has 0 fully saturated rings. The van der Waals surface area contributed by atoms with Crippen molar-refractivity contribution in [3.05, 3.63) is 28.3 Å². The SMILES string of the molecule is COc1cc([N+](=O)[O-])ccc1NC(=O)CN(C)C(C)C(=O)O.Cl. The summed E-state index contributed by atoms with van der Waals surface area (Å²) in [4.78, 5) is 34.2. The summed E-state index contributed by atoms with van der Waals surface area (Å²) in [5.74, 6) is -1.34. The number of likely N-dealkylation sites (N-methyl/N-ethyl adjacent to an activating group) is 1. The van der Waals surface area contributed by atoms with Crippen LogP contribution in [0.5, 0.6) is 5.75 Å². The van der Waals surface area contributed by atoms with Crippen molar-refractivity contribution in [1.29, 1.82) is 0 Å². The van der Waals surface area contributed by atoms with Crippen LogP contribution < -0.4 is 10.1 Å². The lowest BCUT2D eigenvalue weighted by Gasteiger charge is -2.20. The lowest BCUT2D eigenvalue weighted by atomic mass is 10.2. The molecule has 1 atom stereocenters. The molecule has 1 aromatic carbocycles. The number of amides is 1. The van der Waals surface area contributed by atoms with Gasteiger partial charge in [0.25, 0.3) is 5.69 Å². The Morgan fingerprint density at radius 2 is 2.09 bits per heavy atom. The minimum atomic E-state index is -1.04. The van der Waals surface area contributed by atoms with Crippen molar-refractivity contribution >= 4 is 35.7 Å². The lowest BCUT2D eigenvalue weighted by molar-refractivity contribution is -0.384. The monoisotopic (exact) mass is 347 g/mol. The molecule has 0 aromatic heterocycles. The zero-order valence-electron chi connectivity index (χ0n) is 12.8. The zero-order chi connectivity index (χ0) is 16.9. The first-order chi connectivity index (χ1) is 10.3. The molecule has 1 rings (SSSR count). The number of benzene rings is 1. The fraction of sp³-hybridized carbons (Fsp3) is 0.385. The second-order valence-corrected chi connectivity index (χ2v) is 4.62. The molecule has 128 valence electrons. The first-order valence-electron chi connectivity index (χ1n) is 6.31. The van der Waals surface area contributed by atoms with Gasteiger partial charge in [-0.25, -0.2) is 0 Å². The van der Waals surface area contributed by atoms with Gasteiger partial charge in [-0.15, -0.1) is 12.4 Å². The molecule has 0 saturated heterocycles. The molecule has 0 heterocycles. The van der Waals surface area contributed by atoms with Gasteiger partial charge in [-0.1, -0.05) is 0 Å². The Bertz CT molecular complexity index is 595. The molecule has 1 aromatic rings. The number of methoxy groups -OCH3 is 1. The second-order valence-electron chi connectivity index (χ2n) is 4.62. The minimum absolute atomic E-state index is 0. The van der Waals surface area contributed by atoms with E-state index in [2.05, 4.69) is 5.32 Å². The van der Waals surface area contributed by atoms with Crippen molar-refractivity contribution < 1.29 is 24.4 Å². The van der Waals surface area contributed by atoms with E-state index in [4.69, 9.17) is 9.84 Å². The smallest absolute Gasteiger partial charge is 0.320 e. The molecule has 2 N–H and O–H groups in total. The highest BCUT2D eigenvalue weighted by Crippen LogP contribution is 2.28. The Hall–Kier alpha value is -2.39. The number of nitrogens with zero attached hydrogens (tertiary/aromatic N) is 2. The first kappa shape index (κ1) is 20.6. The van der Waals surface area contributed by atoms with Crippen LogP contribution in [-0.2, 0) is 9.59 Å². The summed E-state index contributed by atoms with van der Waals surface area (Å²) >= 11 is 0. The van der Waals surface area contributed by atoms with Gasteiger partial charge in [0, 0.05) is 6.07 Å². The van der Waals surface area contributed by atoms with Gasteiger partial charge < -0.3 is 15.2 Å². The normalized spacial score (nSPS) is 11.3. The van der Waals surface area contributed by atoms with Crippen molar-refractivity contribution in [2.45, 2.75) is 13.0 Å². The fourth-order valence-electron chi connectivity index (χ4n) is 1.64. The highest BCUT2D eigenvalue weighted by atomic mass is 35.5. The van der Waals surface area contributed by atoms with Crippen molar-refractivity contribution in [2.75, 3.05) is 26.0 Å². The summed E-state index contributed by atoms with van der Waals surface area (Å²) in [5, 5.41) is 22.1. The van der Waals surface area contributed by atoms with Crippen LogP contribution >= 0.6 is 12.4 Å². The van der Waals surface area contributed by atoms with E-state index in [1.165, 1.54) is 44.2 Å². The van der Waals surface area contributed by atoms with Crippen LogP contribution in [0.1, 0.15) is 6.92 Å². The number of aliphatic carboxylic acids is 1. The molecule has 0 radical (unpaired) electrons. The van der Waals surface area contributed by atoms with Crippen LogP contribution in [0.4, 0.5) is 11.4 Å². The number of hydrogen-bond donors (Lipinski definition) is 2. The molecule has 0 aliphatic carbocycles. The van der Waals surface area contributed by atoms with Crippen molar-refractivity contribution in [2.24, 2.45) is 0 Å². The molecule has 10 heteroatoms. The fourth-order valence-corrected chi connectivity index (χ4v) is 1.64. The zero-order valence-corrected chi connectivity index (χ0v) is 13.6. The molecule has 9 nitrogen and oxygen atoms in total. The average Bonchev–Trinajstić information content (AvgIpc) is 2.46. The number of carbonyl (C=O) groups is 2. The number of carboxylic acid groups (broad SMARTS) is 1. The largest absolute Gasteiger partial charge is 0.494 e. The third kappa shape index (κ3) is 5.72. The lowest BCUT2D eigenvalue weighted by Crippen LogP contribution is -2.40. The minimum Gasteiger partial charge on any atom is -0.494 e. The summed E-state index contributed by atoms with van der Waals surface area (Å²) in [7, 11) is 2.83. The third-order valence-electron chi connectivity index (χ3n) is 3.08. The van der Waals surface area contributed by atoms with Crippen LogP contribution in [0.2, 0.25) is 0 Å². The molecular weight excluding hydrogens is 330 g/mol. The Labute approximate surface area is 138 Å². The van der Waals surface area contributed by atoms with E-state index in [1.807, 2.05) is 0 Å². The van der Waals surface area contributed by atoms with Gasteiger partial charge in [0.2, 0.25) is 5.91 Å². The van der Waals surface area contributed by atoms with Gasteiger partial charge in [-0.2, -0.15) is 0 Å². The number of nitrogens with one attached hydrogen (secondary N) is 1. The number of carboxylic acids is 1. The summed E-state index contributed by atoms with van der Waals surface area (Å²) < 4.78 is 5.00. The van der Waals surface area contributed by atoms with Gasteiger partial charge in [0.1, 0.15) is 11.8 Å². The van der Waals surface area contributed by atoms with Crippen LogP contribution in [-0.4, -0.2) is 53.6 Å². The van der Waals surface area contributed by atoms with Gasteiger partial charge in [0.15, 0.2) is 0 Å². The summed E-state index contributed by atoms with van der Waals surface area (Å²) in [6.45, 7) is 1.32. The van der Waals surface area contributed by atoms with Crippen LogP contribution in [0, 0.1) is 10.1 Å². The Morgan fingerprint density at radius 1 is 1.48 bits per heavy atom. The molecule has 0 aliphatic rings. The van der Waals surface area contributed by atoms with E-state index in [0.29, 0.717) is 0 Å². The maximum Gasteiger partial charge on any atom is 0.320 e. The Morgan fingerprint density at radius 3 is 2.57 bits per heavy atom. The van der Waals surface area contributed by atoms with Crippen molar-refractivity contribution in [1.82, 2.24) is 4.90 Å². The predicted octanol–water partition coefficient (Wildman–Crippen LogP) is 1.37. The van der Waals surface area contributed by atoms with Gasteiger partial charge in [-0.05, 0) is 20.0 Å². The Kier molecular flexibility index (Phi) is 7.98. The number of ether oxygens (including phenoxy) is 1. The topological polar surface area (TPSA) is 122 Å². The maximum absolute atomic E-state index is 11.9. The average molecular weight is 348 g/mol. The number of nitro groups is 1. The quantitative estimate of drug-likeness (QED) is 0.564. The molecule has 0 spiro atoms. The summed E-state index contributed by atoms with van der Waals surface area (Å²) in [5.41, 5.74) is 0.112. The molecule has 0 saturated carbocycles. The standard InChI is InChI=1S/C13H17N3O6.ClH/c1-8(13(18)19)15(2)7-12(17)14-10-5-4-9(16(20)21)6-11(10)22-3;/h4-6,8H,7H2,1-3H3,(H,14,17)(H,18,19);1H. The van der Waals surface area contributed by atoms with Crippen molar-refractivity contribution in [3.63, 3.8) is 0 Å². The number of non-ortho nitro benzene ring substituents is 1. The van der Waals surface area contributed by atoms with E-state index < -0.39 is 22.8 Å². The van der Waals surface area contributed by atoms with Crippen LogP contribution in [0.15, 0.2) is 18.2 Å². The first-order valence-corrected chi connectivity index (χ1v) is 6.31. The molecule has 0 bridgehead atoms. The molecule has 0 aliphatic heterocycles. The van der Waals surface area contributed by atoms with Crippen LogP contribution in [0.3, 0.4) is 0 Å². The van der Waals surface area contributed by atoms with E-state index >= 15 is 0 Å². The molecule has 23 heavy (non-hydrogen) atoms. The number of halogens is 1. The molecular formula is C13H18ClN3O6. The van der Waals surface area contributed by atoms with Gasteiger partial charge in [0.05, 0.1) is 30.3 Å². The number of hydrogen-bond acceptors (Lipinski definition) is 6. The molecule has 1 unspecified atom stereocenters. The van der Waals surface area contributed by atoms with E-state index in [-0.39, 0.29) is 36.1 Å². The number of anilines is 1. The summed E-state index contributed by atoms with van der Waals surface area (Å²) in [6.07, 6.45) is 0. The molecule has 1 amide bonds.